The van der Waals surface area contributed by atoms with E-state index in [9.17, 15) is 5.11 Å². The third-order valence-corrected chi connectivity index (χ3v) is 1.73. The maximum absolute atomic E-state index is 9.54. The van der Waals surface area contributed by atoms with Crippen LogP contribution in [0.3, 0.4) is 0 Å². The van der Waals surface area contributed by atoms with Gasteiger partial charge in [0.2, 0.25) is 0 Å². The molecule has 2 unspecified atom stereocenters. The van der Waals surface area contributed by atoms with Crippen molar-refractivity contribution in [1.82, 2.24) is 15.0 Å². The Morgan fingerprint density at radius 3 is 2.83 bits per heavy atom. The zero-order valence-corrected chi connectivity index (χ0v) is 6.97. The van der Waals surface area contributed by atoms with Crippen molar-refractivity contribution in [2.75, 3.05) is 0 Å². The smallest absolute Gasteiger partial charge is 0.113 e. The van der Waals surface area contributed by atoms with Gasteiger partial charge in [-0.05, 0) is 6.92 Å². The molecule has 5 nitrogen and oxygen atoms in total. The Morgan fingerprint density at radius 2 is 2.42 bits per heavy atom. The predicted octanol–water partition coefficient (Wildman–Crippen LogP) is 0.00818. The van der Waals surface area contributed by atoms with Gasteiger partial charge in [-0.15, -0.1) is 5.10 Å². The molecule has 1 rings (SSSR count). The van der Waals surface area contributed by atoms with E-state index in [0.29, 0.717) is 5.69 Å². The van der Waals surface area contributed by atoms with Crippen LogP contribution in [0, 0.1) is 17.2 Å². The molecule has 12 heavy (non-hydrogen) atoms. The Balaban J connectivity index is 2.86. The van der Waals surface area contributed by atoms with Crippen molar-refractivity contribution >= 4 is 0 Å². The Bertz CT molecular complexity index is 301. The molecule has 0 amide bonds. The number of hydrogen-bond acceptors (Lipinski definition) is 4. The summed E-state index contributed by atoms with van der Waals surface area (Å²) >= 11 is 0. The molecule has 0 aliphatic carbocycles. The largest absolute Gasteiger partial charge is 0.385 e. The fraction of sp³-hybridized carbons (Fsp3) is 0.571. The lowest BCUT2D eigenvalue weighted by atomic mass is 10.0. The minimum atomic E-state index is -0.810. The molecule has 0 radical (unpaired) electrons. The van der Waals surface area contributed by atoms with E-state index in [0.717, 1.165) is 0 Å². The van der Waals surface area contributed by atoms with Crippen LogP contribution in [0.25, 0.3) is 0 Å². The van der Waals surface area contributed by atoms with Gasteiger partial charge in [0.1, 0.15) is 6.10 Å². The van der Waals surface area contributed by atoms with E-state index in [1.807, 2.05) is 6.07 Å². The van der Waals surface area contributed by atoms with Gasteiger partial charge in [0.05, 0.1) is 23.9 Å². The highest BCUT2D eigenvalue weighted by atomic mass is 16.3. The molecule has 64 valence electrons. The molecule has 1 aromatic rings. The summed E-state index contributed by atoms with van der Waals surface area (Å²) < 4.78 is 1.46. The fourth-order valence-corrected chi connectivity index (χ4v) is 0.892. The van der Waals surface area contributed by atoms with E-state index in [4.69, 9.17) is 5.26 Å². The van der Waals surface area contributed by atoms with E-state index < -0.39 is 12.0 Å². The van der Waals surface area contributed by atoms with Crippen LogP contribution in [0.5, 0.6) is 0 Å². The molecule has 1 aromatic heterocycles. The van der Waals surface area contributed by atoms with Gasteiger partial charge in [-0.25, -0.2) is 4.68 Å². The zero-order valence-electron chi connectivity index (χ0n) is 6.97. The molecule has 0 bridgehead atoms. The minimum Gasteiger partial charge on any atom is -0.385 e. The predicted molar refractivity (Wildman–Crippen MR) is 40.7 cm³/mol. The third-order valence-electron chi connectivity index (χ3n) is 1.73. The number of aryl methyl sites for hydroxylation is 1. The molecular formula is C7H10N4O. The van der Waals surface area contributed by atoms with E-state index in [2.05, 4.69) is 10.3 Å². The van der Waals surface area contributed by atoms with Crippen LogP contribution < -0.4 is 0 Å². The number of nitriles is 1. The van der Waals surface area contributed by atoms with Crippen molar-refractivity contribution in [2.45, 2.75) is 13.0 Å². The van der Waals surface area contributed by atoms with Crippen LogP contribution in [0.1, 0.15) is 18.7 Å². The van der Waals surface area contributed by atoms with E-state index in [1.165, 1.54) is 10.9 Å². The quantitative estimate of drug-likeness (QED) is 0.671. The second-order valence-corrected chi connectivity index (χ2v) is 2.65. The first-order valence-electron chi connectivity index (χ1n) is 3.59. The highest BCUT2D eigenvalue weighted by molar-refractivity contribution is 5.03. The molecule has 1 N–H and O–H groups in total. The molecule has 0 spiro atoms. The van der Waals surface area contributed by atoms with Gasteiger partial charge in [-0.3, -0.25) is 0 Å². The Hall–Kier alpha value is -1.41. The first kappa shape index (κ1) is 8.68. The standard InChI is InChI=1S/C7H10N4O/c1-5(3-8)7(12)6-4-9-10-11(6)2/h4-5,7,12H,1-2H3. The number of rotatable bonds is 2. The topological polar surface area (TPSA) is 74.7 Å². The average Bonchev–Trinajstić information content (AvgIpc) is 2.48. The Morgan fingerprint density at radius 1 is 1.75 bits per heavy atom. The summed E-state index contributed by atoms with van der Waals surface area (Å²) in [6.07, 6.45) is 0.647. The van der Waals surface area contributed by atoms with Crippen molar-refractivity contribution in [1.29, 1.82) is 5.26 Å². The zero-order chi connectivity index (χ0) is 9.14. The number of aliphatic hydroxyl groups is 1. The van der Waals surface area contributed by atoms with Crippen LogP contribution in [-0.2, 0) is 7.05 Å². The summed E-state index contributed by atoms with van der Waals surface area (Å²) in [4.78, 5) is 0. The maximum Gasteiger partial charge on any atom is 0.113 e. The highest BCUT2D eigenvalue weighted by Gasteiger charge is 2.18. The highest BCUT2D eigenvalue weighted by Crippen LogP contribution is 2.18. The van der Waals surface area contributed by atoms with Gasteiger partial charge in [0.25, 0.3) is 0 Å². The summed E-state index contributed by atoms with van der Waals surface area (Å²) in [5, 5.41) is 25.3. The normalized spacial score (nSPS) is 15.2. The number of hydrogen-bond donors (Lipinski definition) is 1. The number of aromatic nitrogens is 3. The maximum atomic E-state index is 9.54. The molecule has 0 aliphatic heterocycles. The van der Waals surface area contributed by atoms with Gasteiger partial charge in [0, 0.05) is 7.05 Å². The van der Waals surface area contributed by atoms with E-state index in [1.54, 1.807) is 14.0 Å². The monoisotopic (exact) mass is 166 g/mol. The van der Waals surface area contributed by atoms with Crippen molar-refractivity contribution < 1.29 is 5.11 Å². The number of nitrogens with zero attached hydrogens (tertiary/aromatic N) is 4. The van der Waals surface area contributed by atoms with E-state index in [-0.39, 0.29) is 0 Å². The van der Waals surface area contributed by atoms with Crippen LogP contribution in [0.2, 0.25) is 0 Å². The minimum absolute atomic E-state index is 0.442. The third kappa shape index (κ3) is 1.43. The van der Waals surface area contributed by atoms with Gasteiger partial charge >= 0.3 is 0 Å². The first-order valence-corrected chi connectivity index (χ1v) is 3.59. The number of aliphatic hydroxyl groups excluding tert-OH is 1. The van der Waals surface area contributed by atoms with Crippen LogP contribution >= 0.6 is 0 Å². The molecule has 0 aromatic carbocycles. The van der Waals surface area contributed by atoms with Crippen molar-refractivity contribution in [3.8, 4) is 6.07 Å². The van der Waals surface area contributed by atoms with Crippen LogP contribution in [0.4, 0.5) is 0 Å². The van der Waals surface area contributed by atoms with Gasteiger partial charge in [0.15, 0.2) is 0 Å². The molecule has 2 atom stereocenters. The van der Waals surface area contributed by atoms with Crippen LogP contribution in [-0.4, -0.2) is 20.1 Å². The molecule has 0 saturated carbocycles. The molecule has 0 fully saturated rings. The van der Waals surface area contributed by atoms with Gasteiger partial charge in [-0.2, -0.15) is 5.26 Å². The molecule has 5 heteroatoms. The Kier molecular flexibility index (Phi) is 2.41. The SMILES string of the molecule is CC(C#N)C(O)c1cnnn1C. The lowest BCUT2D eigenvalue weighted by Gasteiger charge is -2.10. The molecule has 1 heterocycles. The summed E-state index contributed by atoms with van der Waals surface area (Å²) in [7, 11) is 1.68. The van der Waals surface area contributed by atoms with Crippen molar-refractivity contribution in [2.24, 2.45) is 13.0 Å². The van der Waals surface area contributed by atoms with Crippen LogP contribution in [0.15, 0.2) is 6.20 Å². The molecule has 0 aliphatic rings. The second kappa shape index (κ2) is 3.32. The average molecular weight is 166 g/mol. The summed E-state index contributed by atoms with van der Waals surface area (Å²) in [6, 6.07) is 1.96. The Labute approximate surface area is 70.2 Å². The lowest BCUT2D eigenvalue weighted by Crippen LogP contribution is -2.11. The van der Waals surface area contributed by atoms with Gasteiger partial charge < -0.3 is 5.11 Å². The molecular weight excluding hydrogens is 156 g/mol. The summed E-state index contributed by atoms with van der Waals surface area (Å²) in [6.45, 7) is 1.65. The van der Waals surface area contributed by atoms with Gasteiger partial charge in [-0.1, -0.05) is 5.21 Å². The van der Waals surface area contributed by atoms with Crippen molar-refractivity contribution in [3.63, 3.8) is 0 Å². The van der Waals surface area contributed by atoms with E-state index >= 15 is 0 Å². The lowest BCUT2D eigenvalue weighted by molar-refractivity contribution is 0.133. The summed E-state index contributed by atoms with van der Waals surface area (Å²) in [5.41, 5.74) is 0.559. The fourth-order valence-electron chi connectivity index (χ4n) is 0.892. The first-order chi connectivity index (χ1) is 5.66. The van der Waals surface area contributed by atoms with Crippen molar-refractivity contribution in [3.05, 3.63) is 11.9 Å². The molecule has 0 saturated heterocycles. The summed E-state index contributed by atoms with van der Waals surface area (Å²) in [5.74, 6) is -0.442. The second-order valence-electron chi connectivity index (χ2n) is 2.65.